The third-order valence-corrected chi connectivity index (χ3v) is 1.64. The molecule has 0 radical (unpaired) electrons. The summed E-state index contributed by atoms with van der Waals surface area (Å²) >= 11 is 0. The molecule has 1 rings (SSSR count). The van der Waals surface area contributed by atoms with Gasteiger partial charge in [-0.2, -0.15) is 5.10 Å². The van der Waals surface area contributed by atoms with Crippen molar-refractivity contribution in [3.63, 3.8) is 0 Å². The summed E-state index contributed by atoms with van der Waals surface area (Å²) in [6.07, 6.45) is 0.605. The number of H-pyrrole nitrogens is 1. The predicted molar refractivity (Wildman–Crippen MR) is 49.1 cm³/mol. The number of nitrogens with two attached hydrogens (primary N) is 1. The summed E-state index contributed by atoms with van der Waals surface area (Å²) in [5.41, 5.74) is 4.84. The lowest BCUT2D eigenvalue weighted by Gasteiger charge is -2.10. The van der Waals surface area contributed by atoms with E-state index in [0.29, 0.717) is 0 Å². The van der Waals surface area contributed by atoms with Crippen LogP contribution < -0.4 is 11.1 Å². The fourth-order valence-electron chi connectivity index (χ4n) is 0.943. The summed E-state index contributed by atoms with van der Waals surface area (Å²) in [7, 11) is 0. The number of carbonyl (C=O) groups is 3. The van der Waals surface area contributed by atoms with Crippen LogP contribution in [0.15, 0.2) is 6.33 Å². The van der Waals surface area contributed by atoms with Crippen molar-refractivity contribution in [3.8, 4) is 0 Å². The first kappa shape index (κ1) is 11.6. The zero-order valence-electron chi connectivity index (χ0n) is 8.01. The van der Waals surface area contributed by atoms with Crippen LogP contribution in [0.2, 0.25) is 0 Å². The summed E-state index contributed by atoms with van der Waals surface area (Å²) in [6.45, 7) is 0. The van der Waals surface area contributed by atoms with E-state index in [4.69, 9.17) is 10.8 Å². The van der Waals surface area contributed by atoms with Crippen LogP contribution in [0, 0.1) is 0 Å². The van der Waals surface area contributed by atoms with Crippen molar-refractivity contribution in [1.82, 2.24) is 20.5 Å². The molecule has 0 aliphatic rings. The highest BCUT2D eigenvalue weighted by Crippen LogP contribution is 1.94. The number of amides is 2. The van der Waals surface area contributed by atoms with Crippen molar-refractivity contribution in [2.45, 2.75) is 12.5 Å². The summed E-state index contributed by atoms with van der Waals surface area (Å²) in [5, 5.41) is 16.4. The molecule has 0 bridgehead atoms. The maximum atomic E-state index is 11.3. The van der Waals surface area contributed by atoms with E-state index < -0.39 is 30.2 Å². The number of hydrogen-bond acceptors (Lipinski definition) is 5. The number of carbonyl (C=O) groups excluding carboxylic acids is 2. The Balaban J connectivity index is 2.65. The molecule has 86 valence electrons. The molecule has 0 aliphatic heterocycles. The molecular weight excluding hydrogens is 218 g/mol. The number of rotatable bonds is 5. The molecule has 2 amide bonds. The minimum absolute atomic E-state index is 0.143. The topological polar surface area (TPSA) is 151 Å². The van der Waals surface area contributed by atoms with Gasteiger partial charge in [-0.05, 0) is 0 Å². The average Bonchev–Trinajstić information content (AvgIpc) is 2.68. The number of nitrogens with zero attached hydrogens (tertiary/aromatic N) is 2. The molecule has 1 unspecified atom stereocenters. The van der Waals surface area contributed by atoms with Crippen molar-refractivity contribution < 1.29 is 19.5 Å². The van der Waals surface area contributed by atoms with Crippen LogP contribution in [0.25, 0.3) is 0 Å². The van der Waals surface area contributed by atoms with Crippen LogP contribution in [-0.2, 0) is 9.59 Å². The second-order valence-electron chi connectivity index (χ2n) is 2.87. The second kappa shape index (κ2) is 4.87. The number of aromatic amines is 1. The molecule has 1 aromatic rings. The highest BCUT2D eigenvalue weighted by atomic mass is 16.4. The van der Waals surface area contributed by atoms with Gasteiger partial charge in [0.1, 0.15) is 12.4 Å². The first-order chi connectivity index (χ1) is 7.50. The zero-order chi connectivity index (χ0) is 12.1. The minimum atomic E-state index is -1.38. The van der Waals surface area contributed by atoms with Crippen molar-refractivity contribution in [3.05, 3.63) is 12.2 Å². The van der Waals surface area contributed by atoms with E-state index >= 15 is 0 Å². The van der Waals surface area contributed by atoms with Crippen LogP contribution in [-0.4, -0.2) is 44.1 Å². The van der Waals surface area contributed by atoms with Gasteiger partial charge in [-0.25, -0.2) is 9.78 Å². The fraction of sp³-hybridized carbons (Fsp3) is 0.286. The first-order valence-electron chi connectivity index (χ1n) is 4.18. The van der Waals surface area contributed by atoms with Crippen molar-refractivity contribution in [2.75, 3.05) is 0 Å². The number of carboxylic acid groups (broad SMARTS) is 1. The van der Waals surface area contributed by atoms with Crippen molar-refractivity contribution >= 4 is 17.8 Å². The molecule has 0 saturated heterocycles. The number of nitrogens with one attached hydrogen (secondary N) is 2. The normalized spacial score (nSPS) is 11.8. The Hall–Kier alpha value is -2.45. The molecule has 0 spiro atoms. The lowest BCUT2D eigenvalue weighted by Crippen LogP contribution is -2.43. The highest BCUT2D eigenvalue weighted by Gasteiger charge is 2.23. The van der Waals surface area contributed by atoms with Gasteiger partial charge in [0.05, 0.1) is 6.42 Å². The second-order valence-corrected chi connectivity index (χ2v) is 2.87. The number of aliphatic carboxylic acids is 1. The molecule has 5 N–H and O–H groups in total. The molecule has 9 nitrogen and oxygen atoms in total. The van der Waals surface area contributed by atoms with E-state index in [1.165, 1.54) is 0 Å². The SMILES string of the molecule is NC(=O)CC(NC(=O)c1ncn[nH]1)C(=O)O. The van der Waals surface area contributed by atoms with Crippen LogP contribution in [0.5, 0.6) is 0 Å². The maximum Gasteiger partial charge on any atom is 0.326 e. The van der Waals surface area contributed by atoms with Gasteiger partial charge < -0.3 is 16.2 Å². The van der Waals surface area contributed by atoms with Gasteiger partial charge in [-0.15, -0.1) is 0 Å². The van der Waals surface area contributed by atoms with Gasteiger partial charge in [0.15, 0.2) is 0 Å². The Morgan fingerprint density at radius 1 is 1.56 bits per heavy atom. The first-order valence-corrected chi connectivity index (χ1v) is 4.18. The highest BCUT2D eigenvalue weighted by molar-refractivity contribution is 5.94. The Bertz CT molecular complexity index is 401. The standard InChI is InChI=1S/C7H9N5O4/c8-4(13)1-3(7(15)16)11-6(14)5-9-2-10-12-5/h2-3H,1H2,(H2,8,13)(H,11,14)(H,15,16)(H,9,10,12). The van der Waals surface area contributed by atoms with Gasteiger partial charge in [-0.1, -0.05) is 0 Å². The molecule has 1 atom stereocenters. The number of primary amides is 1. The molecule has 0 saturated carbocycles. The van der Waals surface area contributed by atoms with Crippen LogP contribution in [0.3, 0.4) is 0 Å². The van der Waals surface area contributed by atoms with Gasteiger partial charge in [0.2, 0.25) is 11.7 Å². The van der Waals surface area contributed by atoms with E-state index in [2.05, 4.69) is 20.5 Å². The Morgan fingerprint density at radius 2 is 2.25 bits per heavy atom. The molecule has 1 heterocycles. The molecule has 0 fully saturated rings. The van der Waals surface area contributed by atoms with Crippen LogP contribution in [0.1, 0.15) is 17.0 Å². The summed E-state index contributed by atoms with van der Waals surface area (Å²) < 4.78 is 0. The molecule has 9 heteroatoms. The molecule has 0 aliphatic carbocycles. The maximum absolute atomic E-state index is 11.3. The molecular formula is C7H9N5O4. The quantitative estimate of drug-likeness (QED) is 0.450. The summed E-state index contributed by atoms with van der Waals surface area (Å²) in [5.74, 6) is -3.10. The Labute approximate surface area is 89.0 Å². The minimum Gasteiger partial charge on any atom is -0.480 e. The summed E-state index contributed by atoms with van der Waals surface area (Å²) in [4.78, 5) is 36.1. The third kappa shape index (κ3) is 3.04. The van der Waals surface area contributed by atoms with E-state index in [0.717, 1.165) is 6.33 Å². The van der Waals surface area contributed by atoms with Crippen molar-refractivity contribution in [2.24, 2.45) is 5.73 Å². The number of carboxylic acids is 1. The molecule has 1 aromatic heterocycles. The zero-order valence-corrected chi connectivity index (χ0v) is 8.01. The van der Waals surface area contributed by atoms with E-state index in [9.17, 15) is 14.4 Å². The predicted octanol–water partition coefficient (Wildman–Crippen LogP) is -2.14. The van der Waals surface area contributed by atoms with Gasteiger partial charge in [0, 0.05) is 0 Å². The monoisotopic (exact) mass is 227 g/mol. The number of aromatic nitrogens is 3. The lowest BCUT2D eigenvalue weighted by molar-refractivity contribution is -0.140. The van der Waals surface area contributed by atoms with Gasteiger partial charge in [0.25, 0.3) is 5.91 Å². The van der Waals surface area contributed by atoms with Gasteiger partial charge >= 0.3 is 5.97 Å². The number of hydrogen-bond donors (Lipinski definition) is 4. The van der Waals surface area contributed by atoms with Crippen LogP contribution in [0.4, 0.5) is 0 Å². The van der Waals surface area contributed by atoms with Crippen molar-refractivity contribution in [1.29, 1.82) is 0 Å². The Kier molecular flexibility index (Phi) is 3.53. The Morgan fingerprint density at radius 3 is 2.69 bits per heavy atom. The lowest BCUT2D eigenvalue weighted by atomic mass is 10.2. The van der Waals surface area contributed by atoms with Gasteiger partial charge in [-0.3, -0.25) is 14.7 Å². The van der Waals surface area contributed by atoms with Crippen LogP contribution >= 0.6 is 0 Å². The smallest absolute Gasteiger partial charge is 0.326 e. The third-order valence-electron chi connectivity index (χ3n) is 1.64. The van der Waals surface area contributed by atoms with E-state index in [1.807, 2.05) is 0 Å². The fourth-order valence-corrected chi connectivity index (χ4v) is 0.943. The summed E-state index contributed by atoms with van der Waals surface area (Å²) in [6, 6.07) is -1.38. The largest absolute Gasteiger partial charge is 0.480 e. The molecule has 0 aromatic carbocycles. The van der Waals surface area contributed by atoms with E-state index in [-0.39, 0.29) is 5.82 Å². The van der Waals surface area contributed by atoms with E-state index in [1.54, 1.807) is 0 Å². The average molecular weight is 227 g/mol. The molecule has 16 heavy (non-hydrogen) atoms.